The van der Waals surface area contributed by atoms with Crippen molar-refractivity contribution in [1.29, 1.82) is 0 Å². The molecule has 17 heavy (non-hydrogen) atoms. The quantitative estimate of drug-likeness (QED) is 0.792. The molecule has 0 radical (unpaired) electrons. The molecular weight excluding hydrogens is 256 g/mol. The lowest BCUT2D eigenvalue weighted by atomic mass is 9.98. The predicted molar refractivity (Wildman–Crippen MR) is 73.4 cm³/mol. The summed E-state index contributed by atoms with van der Waals surface area (Å²) in [5.74, 6) is 0. The fraction of sp³-hybridized carbons (Fsp3) is 0.538. The molecule has 96 valence electrons. The Labute approximate surface area is 109 Å². The third-order valence-corrected chi connectivity index (χ3v) is 6.46. The van der Waals surface area contributed by atoms with Gasteiger partial charge in [0.1, 0.15) is 0 Å². The minimum absolute atomic E-state index is 0.545. The van der Waals surface area contributed by atoms with Crippen LogP contribution in [0.5, 0.6) is 0 Å². The van der Waals surface area contributed by atoms with Crippen LogP contribution in [0.15, 0.2) is 18.2 Å². The largest absolute Gasteiger partial charge is 0.229 e. The van der Waals surface area contributed by atoms with Gasteiger partial charge in [0.05, 0.1) is 10.1 Å². The number of halogens is 1. The van der Waals surface area contributed by atoms with Gasteiger partial charge in [0, 0.05) is 6.26 Å². The van der Waals surface area contributed by atoms with E-state index in [2.05, 4.69) is 0 Å². The second-order valence-electron chi connectivity index (χ2n) is 5.08. The summed E-state index contributed by atoms with van der Waals surface area (Å²) in [6, 6.07) is 5.82. The lowest BCUT2D eigenvalue weighted by Crippen LogP contribution is -2.35. The van der Waals surface area contributed by atoms with Crippen LogP contribution in [0.25, 0.3) is 0 Å². The van der Waals surface area contributed by atoms with Crippen molar-refractivity contribution in [2.45, 2.75) is 37.8 Å². The van der Waals surface area contributed by atoms with Gasteiger partial charge in [0.25, 0.3) is 0 Å². The van der Waals surface area contributed by atoms with Crippen molar-refractivity contribution in [3.63, 3.8) is 0 Å². The molecule has 0 aliphatic heterocycles. The van der Waals surface area contributed by atoms with Crippen molar-refractivity contribution in [3.8, 4) is 0 Å². The van der Waals surface area contributed by atoms with E-state index in [-0.39, 0.29) is 0 Å². The highest BCUT2D eigenvalue weighted by atomic mass is 35.5. The molecule has 0 N–H and O–H groups in total. The highest BCUT2D eigenvalue weighted by Crippen LogP contribution is 2.37. The number of aryl methyl sites for hydroxylation is 2. The molecule has 1 unspecified atom stereocenters. The van der Waals surface area contributed by atoms with Gasteiger partial charge in [-0.1, -0.05) is 18.2 Å². The number of hydrogen-bond acceptors (Lipinski definition) is 2. The molecule has 0 spiro atoms. The Morgan fingerprint density at radius 3 is 2.12 bits per heavy atom. The van der Waals surface area contributed by atoms with Crippen molar-refractivity contribution in [2.24, 2.45) is 0 Å². The van der Waals surface area contributed by atoms with Crippen molar-refractivity contribution < 1.29 is 8.42 Å². The maximum Gasteiger partial charge on any atom is 0.154 e. The first-order valence-corrected chi connectivity index (χ1v) is 7.81. The Hall–Kier alpha value is -0.540. The molecule has 0 aliphatic rings. The first-order chi connectivity index (χ1) is 7.57. The van der Waals surface area contributed by atoms with Gasteiger partial charge < -0.3 is 0 Å². The average molecular weight is 275 g/mol. The Morgan fingerprint density at radius 1 is 1.18 bits per heavy atom. The highest BCUT2D eigenvalue weighted by Gasteiger charge is 2.38. The molecule has 1 rings (SSSR count). The third-order valence-electron chi connectivity index (χ3n) is 3.39. The van der Waals surface area contributed by atoms with E-state index in [4.69, 9.17) is 11.6 Å². The zero-order valence-corrected chi connectivity index (χ0v) is 12.5. The molecule has 1 aromatic rings. The monoisotopic (exact) mass is 274 g/mol. The second kappa shape index (κ2) is 4.62. The van der Waals surface area contributed by atoms with Crippen LogP contribution < -0.4 is 0 Å². The standard InChI is InChI=1S/C13H19ClO2S/c1-9-6-7-11(8-10(9)2)12(14)13(3,4)17(5,15)16/h6-8,12H,1-5H3. The summed E-state index contributed by atoms with van der Waals surface area (Å²) in [7, 11) is -3.20. The first kappa shape index (κ1) is 14.5. The molecule has 0 bridgehead atoms. The smallest absolute Gasteiger partial charge is 0.154 e. The minimum atomic E-state index is -3.20. The Balaban J connectivity index is 3.21. The van der Waals surface area contributed by atoms with E-state index in [1.54, 1.807) is 13.8 Å². The number of rotatable bonds is 3. The maximum atomic E-state index is 11.7. The summed E-state index contributed by atoms with van der Waals surface area (Å²) in [5, 5.41) is -0.545. The number of hydrogen-bond donors (Lipinski definition) is 0. The van der Waals surface area contributed by atoms with Gasteiger partial charge in [0.2, 0.25) is 0 Å². The summed E-state index contributed by atoms with van der Waals surface area (Å²) >= 11 is 6.33. The molecule has 0 heterocycles. The summed E-state index contributed by atoms with van der Waals surface area (Å²) in [5.41, 5.74) is 3.15. The first-order valence-electron chi connectivity index (χ1n) is 5.48. The zero-order chi connectivity index (χ0) is 13.4. The van der Waals surface area contributed by atoms with Gasteiger partial charge >= 0.3 is 0 Å². The normalized spacial score (nSPS) is 14.7. The molecule has 0 amide bonds. The van der Waals surface area contributed by atoms with E-state index in [0.717, 1.165) is 11.1 Å². The van der Waals surface area contributed by atoms with E-state index in [9.17, 15) is 8.42 Å². The second-order valence-corrected chi connectivity index (χ2v) is 8.11. The van der Waals surface area contributed by atoms with E-state index in [1.807, 2.05) is 32.0 Å². The molecule has 0 aromatic heterocycles. The van der Waals surface area contributed by atoms with Crippen LogP contribution in [0.2, 0.25) is 0 Å². The Kier molecular flexibility index (Phi) is 3.94. The van der Waals surface area contributed by atoms with E-state index >= 15 is 0 Å². The van der Waals surface area contributed by atoms with E-state index in [1.165, 1.54) is 11.8 Å². The summed E-state index contributed by atoms with van der Waals surface area (Å²) < 4.78 is 22.5. The summed E-state index contributed by atoms with van der Waals surface area (Å²) in [6.07, 6.45) is 1.23. The van der Waals surface area contributed by atoms with E-state index in [0.29, 0.717) is 0 Å². The lowest BCUT2D eigenvalue weighted by Gasteiger charge is -2.28. The average Bonchev–Trinajstić information content (AvgIpc) is 2.19. The molecule has 4 heteroatoms. The molecular formula is C13H19ClO2S. The molecule has 0 saturated carbocycles. The predicted octanol–water partition coefficient (Wildman–Crippen LogP) is 3.41. The summed E-state index contributed by atoms with van der Waals surface area (Å²) in [6.45, 7) is 7.34. The van der Waals surface area contributed by atoms with Crippen LogP contribution in [0.4, 0.5) is 0 Å². The van der Waals surface area contributed by atoms with Crippen LogP contribution in [0.3, 0.4) is 0 Å². The van der Waals surface area contributed by atoms with E-state index < -0.39 is 20.0 Å². The molecule has 2 nitrogen and oxygen atoms in total. The molecule has 1 atom stereocenters. The van der Waals surface area contributed by atoms with Crippen LogP contribution in [0, 0.1) is 13.8 Å². The fourth-order valence-electron chi connectivity index (χ4n) is 1.51. The third kappa shape index (κ3) is 2.83. The van der Waals surface area contributed by atoms with Crippen LogP contribution in [-0.2, 0) is 9.84 Å². The fourth-order valence-corrected chi connectivity index (χ4v) is 2.64. The van der Waals surface area contributed by atoms with Crippen molar-refractivity contribution in [1.82, 2.24) is 0 Å². The minimum Gasteiger partial charge on any atom is -0.229 e. The van der Waals surface area contributed by atoms with Crippen LogP contribution in [-0.4, -0.2) is 19.4 Å². The van der Waals surface area contributed by atoms with Gasteiger partial charge in [-0.3, -0.25) is 0 Å². The van der Waals surface area contributed by atoms with Crippen LogP contribution in [0.1, 0.15) is 35.9 Å². The van der Waals surface area contributed by atoms with Crippen molar-refractivity contribution in [2.75, 3.05) is 6.26 Å². The topological polar surface area (TPSA) is 34.1 Å². The van der Waals surface area contributed by atoms with Gasteiger partial charge in [-0.2, -0.15) is 0 Å². The Morgan fingerprint density at radius 2 is 1.71 bits per heavy atom. The zero-order valence-electron chi connectivity index (χ0n) is 10.9. The SMILES string of the molecule is Cc1ccc(C(Cl)C(C)(C)S(C)(=O)=O)cc1C. The van der Waals surface area contributed by atoms with Gasteiger partial charge in [-0.05, 0) is 44.4 Å². The van der Waals surface area contributed by atoms with Gasteiger partial charge in [0.15, 0.2) is 9.84 Å². The lowest BCUT2D eigenvalue weighted by molar-refractivity contribution is 0.544. The highest BCUT2D eigenvalue weighted by molar-refractivity contribution is 7.92. The van der Waals surface area contributed by atoms with Crippen molar-refractivity contribution >= 4 is 21.4 Å². The molecule has 0 aliphatic carbocycles. The van der Waals surface area contributed by atoms with Crippen molar-refractivity contribution in [3.05, 3.63) is 34.9 Å². The molecule has 0 saturated heterocycles. The number of alkyl halides is 1. The number of benzene rings is 1. The molecule has 0 fully saturated rings. The molecule has 1 aromatic carbocycles. The maximum absolute atomic E-state index is 11.7. The van der Waals surface area contributed by atoms with Gasteiger partial charge in [-0.15, -0.1) is 11.6 Å². The van der Waals surface area contributed by atoms with Crippen LogP contribution >= 0.6 is 11.6 Å². The summed E-state index contributed by atoms with van der Waals surface area (Å²) in [4.78, 5) is 0. The van der Waals surface area contributed by atoms with Gasteiger partial charge in [-0.25, -0.2) is 8.42 Å². The number of sulfone groups is 1. The Bertz CT molecular complexity index is 518.